The number of nitrogens with zero attached hydrogens (tertiary/aromatic N) is 1. The van der Waals surface area contributed by atoms with Gasteiger partial charge in [0.2, 0.25) is 15.8 Å². The molecule has 0 radical (unpaired) electrons. The predicted molar refractivity (Wildman–Crippen MR) is 154 cm³/mol. The summed E-state index contributed by atoms with van der Waals surface area (Å²) in [6.45, 7) is -1.95. The van der Waals surface area contributed by atoms with Gasteiger partial charge in [0.1, 0.15) is 12.6 Å². The first-order valence-electron chi connectivity index (χ1n) is 13.2. The lowest BCUT2D eigenvalue weighted by molar-refractivity contribution is -0.146. The molecule has 0 aliphatic carbocycles. The molecule has 0 saturated carbocycles. The number of Topliss-reactive ketones (excluding diaryl/α,β-unsaturated/α-hetero) is 1. The number of carbonyl (C=O) groups excluding carboxylic acids is 2. The first kappa shape index (κ1) is 30.5. The van der Waals surface area contributed by atoms with Crippen LogP contribution >= 0.6 is 0 Å². The first-order valence-corrected chi connectivity index (χ1v) is 14.6. The highest BCUT2D eigenvalue weighted by Gasteiger charge is 2.47. The fourth-order valence-corrected chi connectivity index (χ4v) is 5.73. The third-order valence-electron chi connectivity index (χ3n) is 6.42. The third kappa shape index (κ3) is 8.31. The van der Waals surface area contributed by atoms with Gasteiger partial charge in [-0.25, -0.2) is 13.2 Å². The van der Waals surface area contributed by atoms with Crippen LogP contribution in [0.4, 0.5) is 13.6 Å². The molecule has 1 N–H and O–H groups in total. The number of carbonyl (C=O) groups is 2. The summed E-state index contributed by atoms with van der Waals surface area (Å²) in [6, 6.07) is 30.8. The zero-order valence-corrected chi connectivity index (χ0v) is 23.4. The Morgan fingerprint density at radius 2 is 1.21 bits per heavy atom. The minimum absolute atomic E-state index is 0.129. The van der Waals surface area contributed by atoms with Crippen molar-refractivity contribution in [2.75, 3.05) is 6.54 Å². The van der Waals surface area contributed by atoms with Gasteiger partial charge < -0.3 is 10.1 Å². The van der Waals surface area contributed by atoms with E-state index in [9.17, 15) is 18.0 Å². The van der Waals surface area contributed by atoms with Crippen molar-refractivity contribution >= 4 is 21.9 Å². The van der Waals surface area contributed by atoms with Gasteiger partial charge in [-0.05, 0) is 28.8 Å². The smallest absolute Gasteiger partial charge is 0.408 e. The third-order valence-corrected chi connectivity index (χ3v) is 8.23. The number of rotatable bonds is 13. The molecule has 4 aromatic carbocycles. The molecule has 4 aromatic rings. The second-order valence-electron chi connectivity index (χ2n) is 9.59. The van der Waals surface area contributed by atoms with Crippen molar-refractivity contribution in [3.63, 3.8) is 0 Å². The molecule has 10 heteroatoms. The lowest BCUT2D eigenvalue weighted by Gasteiger charge is -2.29. The highest BCUT2D eigenvalue weighted by molar-refractivity contribution is 7.89. The van der Waals surface area contributed by atoms with Crippen LogP contribution in [-0.2, 0) is 39.1 Å². The summed E-state index contributed by atoms with van der Waals surface area (Å²) in [6.07, 6.45) is -1.30. The number of sulfonamides is 1. The number of ketones is 1. The number of ether oxygens (including phenoxy) is 1. The average molecular weight is 593 g/mol. The molecular formula is C32H30F2N2O5S. The lowest BCUT2D eigenvalue weighted by atomic mass is 9.98. The van der Waals surface area contributed by atoms with Crippen LogP contribution in [0.1, 0.15) is 16.7 Å². The molecular weight excluding hydrogens is 562 g/mol. The van der Waals surface area contributed by atoms with Crippen molar-refractivity contribution in [1.29, 1.82) is 0 Å². The van der Waals surface area contributed by atoms with Crippen LogP contribution in [-0.4, -0.2) is 43.1 Å². The van der Waals surface area contributed by atoms with Crippen molar-refractivity contribution in [3.05, 3.63) is 138 Å². The van der Waals surface area contributed by atoms with Gasteiger partial charge in [-0.15, -0.1) is 0 Å². The molecule has 218 valence electrons. The van der Waals surface area contributed by atoms with E-state index in [0.29, 0.717) is 21.0 Å². The van der Waals surface area contributed by atoms with Crippen molar-refractivity contribution in [3.8, 4) is 0 Å². The van der Waals surface area contributed by atoms with Crippen molar-refractivity contribution in [2.45, 2.75) is 36.4 Å². The van der Waals surface area contributed by atoms with E-state index in [0.717, 1.165) is 0 Å². The number of halogens is 2. The van der Waals surface area contributed by atoms with Crippen molar-refractivity contribution in [2.24, 2.45) is 0 Å². The topological polar surface area (TPSA) is 92.8 Å². The van der Waals surface area contributed by atoms with Crippen LogP contribution in [0, 0.1) is 0 Å². The Kier molecular flexibility index (Phi) is 10.2. The van der Waals surface area contributed by atoms with Crippen LogP contribution in [0.2, 0.25) is 0 Å². The van der Waals surface area contributed by atoms with Gasteiger partial charge >= 0.3 is 12.0 Å². The molecule has 0 aromatic heterocycles. The van der Waals surface area contributed by atoms with E-state index in [1.165, 1.54) is 24.3 Å². The van der Waals surface area contributed by atoms with Gasteiger partial charge in [0, 0.05) is 13.0 Å². The Morgan fingerprint density at radius 3 is 1.76 bits per heavy atom. The van der Waals surface area contributed by atoms with E-state index in [1.807, 2.05) is 0 Å². The molecule has 1 amide bonds. The van der Waals surface area contributed by atoms with E-state index < -0.39 is 47.0 Å². The van der Waals surface area contributed by atoms with Gasteiger partial charge in [-0.3, -0.25) is 4.79 Å². The summed E-state index contributed by atoms with van der Waals surface area (Å²) >= 11 is 0. The Hall–Kier alpha value is -4.41. The number of nitrogens with one attached hydrogen (secondary N) is 1. The first-order chi connectivity index (χ1) is 20.1. The molecule has 0 aliphatic heterocycles. The molecule has 0 unspecified atom stereocenters. The van der Waals surface area contributed by atoms with E-state index in [2.05, 4.69) is 5.32 Å². The maximum Gasteiger partial charge on any atom is 0.408 e. The minimum atomic E-state index is -4.42. The van der Waals surface area contributed by atoms with Crippen molar-refractivity contribution < 1.29 is 31.5 Å². The average Bonchev–Trinajstić information content (AvgIpc) is 3.01. The summed E-state index contributed by atoms with van der Waals surface area (Å²) in [4.78, 5) is 25.8. The van der Waals surface area contributed by atoms with Crippen LogP contribution in [0.5, 0.6) is 0 Å². The quantitative estimate of drug-likeness (QED) is 0.218. The Morgan fingerprint density at radius 1 is 0.738 bits per heavy atom. The van der Waals surface area contributed by atoms with Crippen molar-refractivity contribution in [1.82, 2.24) is 9.62 Å². The predicted octanol–water partition coefficient (Wildman–Crippen LogP) is 5.62. The molecule has 4 rings (SSSR count). The molecule has 0 saturated heterocycles. The monoisotopic (exact) mass is 592 g/mol. The van der Waals surface area contributed by atoms with E-state index in [-0.39, 0.29) is 17.9 Å². The van der Waals surface area contributed by atoms with E-state index in [4.69, 9.17) is 4.74 Å². The van der Waals surface area contributed by atoms with Gasteiger partial charge in [-0.1, -0.05) is 109 Å². The standard InChI is InChI=1S/C32H30F2N2O5S/c33-32(34,24-36(22-26-15-7-2-8-16-26)42(39,40)28-19-11-4-12-20-28)30(37)29(21-25-13-5-1-6-14-25)35-31(38)41-23-27-17-9-3-10-18-27/h1-20,29H,21-24H2,(H,35,38)/t29-/m0/s1. The van der Waals surface area contributed by atoms with Crippen LogP contribution < -0.4 is 5.32 Å². The summed E-state index contributed by atoms with van der Waals surface area (Å²) in [7, 11) is -4.42. The summed E-state index contributed by atoms with van der Waals surface area (Å²) in [5.41, 5.74) is 1.66. The second kappa shape index (κ2) is 14.0. The number of alkyl carbamates (subject to hydrolysis) is 1. The number of alkyl halides is 2. The number of hydrogen-bond donors (Lipinski definition) is 1. The highest BCUT2D eigenvalue weighted by atomic mass is 32.2. The maximum atomic E-state index is 15.8. The zero-order valence-electron chi connectivity index (χ0n) is 22.6. The maximum absolute atomic E-state index is 15.8. The highest BCUT2D eigenvalue weighted by Crippen LogP contribution is 2.26. The molecule has 0 aliphatic rings. The summed E-state index contributed by atoms with van der Waals surface area (Å²) < 4.78 is 64.4. The number of benzene rings is 4. The zero-order chi connectivity index (χ0) is 30.0. The molecule has 0 bridgehead atoms. The molecule has 42 heavy (non-hydrogen) atoms. The van der Waals surface area contributed by atoms with Crippen LogP contribution in [0.3, 0.4) is 0 Å². The van der Waals surface area contributed by atoms with Gasteiger partial charge in [-0.2, -0.15) is 13.1 Å². The Balaban J connectivity index is 1.58. The number of hydrogen-bond acceptors (Lipinski definition) is 5. The summed E-state index contributed by atoms with van der Waals surface area (Å²) in [5, 5.41) is 2.28. The Labute approximate surface area is 243 Å². The van der Waals surface area contributed by atoms with Crippen LogP contribution in [0.15, 0.2) is 126 Å². The largest absolute Gasteiger partial charge is 0.445 e. The molecule has 0 fully saturated rings. The fraction of sp³-hybridized carbons (Fsp3) is 0.188. The van der Waals surface area contributed by atoms with E-state index in [1.54, 1.807) is 97.1 Å². The summed E-state index contributed by atoms with van der Waals surface area (Å²) in [5.74, 6) is -5.80. The molecule has 0 heterocycles. The van der Waals surface area contributed by atoms with Gasteiger partial charge in [0.15, 0.2) is 0 Å². The normalized spacial score (nSPS) is 12.5. The Bertz CT molecular complexity index is 1560. The van der Waals surface area contributed by atoms with Crippen LogP contribution in [0.25, 0.3) is 0 Å². The minimum Gasteiger partial charge on any atom is -0.445 e. The molecule has 7 nitrogen and oxygen atoms in total. The lowest BCUT2D eigenvalue weighted by Crippen LogP contribution is -2.54. The molecule has 1 atom stereocenters. The second-order valence-corrected chi connectivity index (χ2v) is 11.5. The van der Waals surface area contributed by atoms with Gasteiger partial charge in [0.05, 0.1) is 11.4 Å². The fourth-order valence-electron chi connectivity index (χ4n) is 4.27. The van der Waals surface area contributed by atoms with Gasteiger partial charge in [0.25, 0.3) is 0 Å². The molecule has 0 spiro atoms. The SMILES string of the molecule is O=C(N[C@@H](Cc1ccccc1)C(=O)C(F)(F)CN(Cc1ccccc1)S(=O)(=O)c1ccccc1)OCc1ccccc1. The number of amides is 1. The van der Waals surface area contributed by atoms with E-state index >= 15 is 8.78 Å².